The third kappa shape index (κ3) is 6.24. The van der Waals surface area contributed by atoms with Gasteiger partial charge in [0.05, 0.1) is 0 Å². The van der Waals surface area contributed by atoms with E-state index in [1.54, 1.807) is 0 Å². The summed E-state index contributed by atoms with van der Waals surface area (Å²) in [5.41, 5.74) is 1.64. The highest BCUT2D eigenvalue weighted by atomic mass is 14.9. The van der Waals surface area contributed by atoms with Crippen molar-refractivity contribution in [3.05, 3.63) is 30.1 Å². The fourth-order valence-corrected chi connectivity index (χ4v) is 1.47. The van der Waals surface area contributed by atoms with Crippen molar-refractivity contribution in [3.63, 3.8) is 0 Å². The molecule has 0 aliphatic rings. The van der Waals surface area contributed by atoms with Gasteiger partial charge in [-0.05, 0) is 64.3 Å². The number of unbranched alkanes of at least 4 members (excludes halogenated alkanes) is 1. The zero-order valence-corrected chi connectivity index (χ0v) is 10.1. The molecule has 0 aliphatic carbocycles. The summed E-state index contributed by atoms with van der Waals surface area (Å²) in [5.74, 6) is 0. The Hall–Kier alpha value is -0.890. The van der Waals surface area contributed by atoms with Crippen LogP contribution in [0.25, 0.3) is 0 Å². The van der Waals surface area contributed by atoms with Crippen LogP contribution in [0, 0.1) is 0 Å². The lowest BCUT2D eigenvalue weighted by Crippen LogP contribution is -2.36. The maximum absolute atomic E-state index is 4.01. The van der Waals surface area contributed by atoms with Gasteiger partial charge in [0.1, 0.15) is 0 Å². The summed E-state index contributed by atoms with van der Waals surface area (Å²) in [7, 11) is 0. The van der Waals surface area contributed by atoms with Crippen LogP contribution in [0.3, 0.4) is 0 Å². The van der Waals surface area contributed by atoms with E-state index in [0.29, 0.717) is 0 Å². The maximum Gasteiger partial charge on any atom is 0.0270 e. The molecule has 1 N–H and O–H groups in total. The fourth-order valence-electron chi connectivity index (χ4n) is 1.47. The average molecular weight is 206 g/mol. The molecule has 1 rings (SSSR count). The highest BCUT2D eigenvalue weighted by Crippen LogP contribution is 2.04. The van der Waals surface area contributed by atoms with Gasteiger partial charge in [0.25, 0.3) is 0 Å². The number of pyridine rings is 1. The molecule has 0 saturated carbocycles. The van der Waals surface area contributed by atoms with E-state index in [1.165, 1.54) is 18.4 Å². The summed E-state index contributed by atoms with van der Waals surface area (Å²) in [6.07, 6.45) is 7.37. The number of nitrogens with zero attached hydrogens (tertiary/aromatic N) is 1. The van der Waals surface area contributed by atoms with Gasteiger partial charge in [-0.1, -0.05) is 0 Å². The van der Waals surface area contributed by atoms with Crippen LogP contribution >= 0.6 is 0 Å². The van der Waals surface area contributed by atoms with Crippen LogP contribution in [-0.2, 0) is 6.42 Å². The van der Waals surface area contributed by atoms with Crippen LogP contribution in [0.5, 0.6) is 0 Å². The van der Waals surface area contributed by atoms with Gasteiger partial charge in [0.15, 0.2) is 0 Å². The second kappa shape index (κ2) is 5.86. The van der Waals surface area contributed by atoms with Crippen LogP contribution < -0.4 is 5.32 Å². The van der Waals surface area contributed by atoms with E-state index in [0.717, 1.165) is 13.0 Å². The molecular weight excluding hydrogens is 184 g/mol. The van der Waals surface area contributed by atoms with Crippen molar-refractivity contribution in [1.82, 2.24) is 10.3 Å². The molecule has 0 saturated heterocycles. The normalized spacial score (nSPS) is 11.7. The first kappa shape index (κ1) is 12.2. The number of hydrogen-bond donors (Lipinski definition) is 1. The molecular formula is C13H22N2. The Labute approximate surface area is 93.1 Å². The molecule has 2 nitrogen and oxygen atoms in total. The largest absolute Gasteiger partial charge is 0.312 e. The van der Waals surface area contributed by atoms with Crippen molar-refractivity contribution in [2.75, 3.05) is 6.54 Å². The lowest BCUT2D eigenvalue weighted by atomic mass is 10.1. The maximum atomic E-state index is 4.01. The van der Waals surface area contributed by atoms with E-state index in [9.17, 15) is 0 Å². The third-order valence-electron chi connectivity index (χ3n) is 2.30. The Morgan fingerprint density at radius 3 is 2.40 bits per heavy atom. The van der Waals surface area contributed by atoms with Gasteiger partial charge in [0, 0.05) is 17.9 Å². The minimum Gasteiger partial charge on any atom is -0.312 e. The molecule has 0 aromatic carbocycles. The van der Waals surface area contributed by atoms with Crippen LogP contribution in [-0.4, -0.2) is 17.1 Å². The van der Waals surface area contributed by atoms with Gasteiger partial charge in [-0.2, -0.15) is 0 Å². The summed E-state index contributed by atoms with van der Waals surface area (Å²) in [5, 5.41) is 3.50. The standard InChI is InChI=1S/C13H22N2/c1-13(2,3)15-9-5-4-6-12-7-10-14-11-8-12/h7-8,10-11,15H,4-6,9H2,1-3H3. The van der Waals surface area contributed by atoms with E-state index in [4.69, 9.17) is 0 Å². The van der Waals surface area contributed by atoms with Gasteiger partial charge in [-0.3, -0.25) is 4.98 Å². The van der Waals surface area contributed by atoms with Crippen molar-refractivity contribution in [2.45, 2.75) is 45.6 Å². The van der Waals surface area contributed by atoms with Crippen LogP contribution in [0.4, 0.5) is 0 Å². The predicted octanol–water partition coefficient (Wildman–Crippen LogP) is 2.79. The number of aromatic nitrogens is 1. The molecule has 0 radical (unpaired) electrons. The number of rotatable bonds is 5. The van der Waals surface area contributed by atoms with Crippen molar-refractivity contribution >= 4 is 0 Å². The minimum absolute atomic E-state index is 0.247. The van der Waals surface area contributed by atoms with Crippen molar-refractivity contribution in [2.24, 2.45) is 0 Å². The van der Waals surface area contributed by atoms with Gasteiger partial charge >= 0.3 is 0 Å². The molecule has 0 spiro atoms. The van der Waals surface area contributed by atoms with E-state index in [1.807, 2.05) is 12.4 Å². The molecule has 2 heteroatoms. The SMILES string of the molecule is CC(C)(C)NCCCCc1ccncc1. The van der Waals surface area contributed by atoms with Crippen LogP contribution in [0.2, 0.25) is 0 Å². The minimum atomic E-state index is 0.247. The Kier molecular flexibility index (Phi) is 4.76. The summed E-state index contributed by atoms with van der Waals surface area (Å²) in [6.45, 7) is 7.72. The molecule has 15 heavy (non-hydrogen) atoms. The Bertz CT molecular complexity index is 262. The Balaban J connectivity index is 2.08. The Morgan fingerprint density at radius 2 is 1.80 bits per heavy atom. The highest BCUT2D eigenvalue weighted by molar-refractivity contribution is 5.09. The lowest BCUT2D eigenvalue weighted by molar-refractivity contribution is 0.419. The number of hydrogen-bond acceptors (Lipinski definition) is 2. The molecule has 0 atom stereocenters. The monoisotopic (exact) mass is 206 g/mol. The van der Waals surface area contributed by atoms with E-state index in [-0.39, 0.29) is 5.54 Å². The number of aryl methyl sites for hydroxylation is 1. The zero-order chi connectivity index (χ0) is 11.1. The van der Waals surface area contributed by atoms with E-state index < -0.39 is 0 Å². The van der Waals surface area contributed by atoms with Crippen molar-refractivity contribution in [3.8, 4) is 0 Å². The molecule has 0 amide bonds. The van der Waals surface area contributed by atoms with Crippen molar-refractivity contribution in [1.29, 1.82) is 0 Å². The summed E-state index contributed by atoms with van der Waals surface area (Å²) >= 11 is 0. The summed E-state index contributed by atoms with van der Waals surface area (Å²) in [4.78, 5) is 4.01. The third-order valence-corrected chi connectivity index (χ3v) is 2.30. The average Bonchev–Trinajstić information content (AvgIpc) is 2.17. The van der Waals surface area contributed by atoms with Gasteiger partial charge in [0.2, 0.25) is 0 Å². The fraction of sp³-hybridized carbons (Fsp3) is 0.615. The molecule has 0 unspecified atom stereocenters. The molecule has 84 valence electrons. The first-order chi connectivity index (χ1) is 7.08. The molecule has 1 heterocycles. The second-order valence-corrected chi connectivity index (χ2v) is 4.99. The summed E-state index contributed by atoms with van der Waals surface area (Å²) in [6, 6.07) is 4.19. The summed E-state index contributed by atoms with van der Waals surface area (Å²) < 4.78 is 0. The van der Waals surface area contributed by atoms with Crippen LogP contribution in [0.15, 0.2) is 24.5 Å². The van der Waals surface area contributed by atoms with Gasteiger partial charge in [-0.15, -0.1) is 0 Å². The van der Waals surface area contributed by atoms with Gasteiger partial charge in [-0.25, -0.2) is 0 Å². The lowest BCUT2D eigenvalue weighted by Gasteiger charge is -2.20. The second-order valence-electron chi connectivity index (χ2n) is 4.99. The van der Waals surface area contributed by atoms with Gasteiger partial charge < -0.3 is 5.32 Å². The van der Waals surface area contributed by atoms with Crippen LogP contribution in [0.1, 0.15) is 39.2 Å². The van der Waals surface area contributed by atoms with E-state index in [2.05, 4.69) is 43.2 Å². The first-order valence-corrected chi connectivity index (χ1v) is 5.72. The smallest absolute Gasteiger partial charge is 0.0270 e. The molecule has 0 fully saturated rings. The highest BCUT2D eigenvalue weighted by Gasteiger charge is 2.06. The topological polar surface area (TPSA) is 24.9 Å². The Morgan fingerprint density at radius 1 is 1.13 bits per heavy atom. The number of nitrogens with one attached hydrogen (secondary N) is 1. The molecule has 0 aliphatic heterocycles. The van der Waals surface area contributed by atoms with E-state index >= 15 is 0 Å². The first-order valence-electron chi connectivity index (χ1n) is 5.72. The molecule has 0 bridgehead atoms. The molecule has 1 aromatic heterocycles. The van der Waals surface area contributed by atoms with Crippen molar-refractivity contribution < 1.29 is 0 Å². The quantitative estimate of drug-likeness (QED) is 0.749. The predicted molar refractivity (Wildman–Crippen MR) is 64.9 cm³/mol. The zero-order valence-electron chi connectivity index (χ0n) is 10.1. The molecule has 1 aromatic rings.